The Kier molecular flexibility index (Phi) is 4.57. The average Bonchev–Trinajstić information content (AvgIpc) is 2.37. The van der Waals surface area contributed by atoms with Gasteiger partial charge in [0.05, 0.1) is 5.69 Å². The van der Waals surface area contributed by atoms with Gasteiger partial charge >= 0.3 is 6.09 Å². The molecule has 0 saturated heterocycles. The molecule has 2 N–H and O–H groups in total. The molecule has 21 heavy (non-hydrogen) atoms. The van der Waals surface area contributed by atoms with Crippen LogP contribution >= 0.6 is 0 Å². The lowest BCUT2D eigenvalue weighted by Crippen LogP contribution is -2.48. The van der Waals surface area contributed by atoms with Gasteiger partial charge in [-0.05, 0) is 45.2 Å². The van der Waals surface area contributed by atoms with Gasteiger partial charge in [-0.1, -0.05) is 31.5 Å². The molecule has 1 aromatic rings. The second kappa shape index (κ2) is 6.06. The number of fused-ring (bicyclic) bond motifs is 1. The van der Waals surface area contributed by atoms with E-state index in [4.69, 9.17) is 10.5 Å². The maximum Gasteiger partial charge on any atom is 0.415 e. The normalized spacial score (nSPS) is 21.9. The van der Waals surface area contributed by atoms with Crippen LogP contribution in [0.15, 0.2) is 24.3 Å². The average molecular weight is 290 g/mol. The molecule has 116 valence electrons. The van der Waals surface area contributed by atoms with Gasteiger partial charge in [-0.15, -0.1) is 0 Å². The fraction of sp³-hybridized carbons (Fsp3) is 0.588. The van der Waals surface area contributed by atoms with Crippen molar-refractivity contribution in [2.45, 2.75) is 64.6 Å². The third-order valence-electron chi connectivity index (χ3n) is 3.70. The SMILES string of the molecule is CCC[C@@H]1C[C@H](N)c2ccccc2N1C(=O)OC(C)(C)C. The van der Waals surface area contributed by atoms with Gasteiger partial charge in [-0.25, -0.2) is 4.79 Å². The quantitative estimate of drug-likeness (QED) is 0.895. The van der Waals surface area contributed by atoms with Gasteiger partial charge in [0.25, 0.3) is 0 Å². The highest BCUT2D eigenvalue weighted by atomic mass is 16.6. The molecule has 1 aliphatic rings. The van der Waals surface area contributed by atoms with E-state index in [1.807, 2.05) is 45.0 Å². The fourth-order valence-corrected chi connectivity index (χ4v) is 2.88. The molecule has 0 saturated carbocycles. The van der Waals surface area contributed by atoms with Crippen molar-refractivity contribution in [3.05, 3.63) is 29.8 Å². The van der Waals surface area contributed by atoms with E-state index >= 15 is 0 Å². The molecule has 1 aromatic carbocycles. The topological polar surface area (TPSA) is 55.6 Å². The van der Waals surface area contributed by atoms with Gasteiger partial charge in [0.1, 0.15) is 5.60 Å². The molecule has 0 spiro atoms. The molecule has 0 unspecified atom stereocenters. The van der Waals surface area contributed by atoms with Crippen molar-refractivity contribution in [3.63, 3.8) is 0 Å². The summed E-state index contributed by atoms with van der Waals surface area (Å²) in [5, 5.41) is 0. The Hall–Kier alpha value is -1.55. The number of benzene rings is 1. The van der Waals surface area contributed by atoms with Crippen LogP contribution in [0.1, 0.15) is 58.6 Å². The zero-order chi connectivity index (χ0) is 15.6. The molecule has 4 heteroatoms. The first-order valence-corrected chi connectivity index (χ1v) is 7.70. The standard InChI is InChI=1S/C17H26N2O2/c1-5-8-12-11-14(18)13-9-6-7-10-15(13)19(12)16(20)21-17(2,3)4/h6-7,9-10,12,14H,5,8,11,18H2,1-4H3/t12-,14+/m1/s1. The Morgan fingerprint density at radius 1 is 1.38 bits per heavy atom. The molecule has 0 bridgehead atoms. The van der Waals surface area contributed by atoms with Crippen molar-refractivity contribution in [3.8, 4) is 0 Å². The molecule has 2 rings (SSSR count). The van der Waals surface area contributed by atoms with Crippen LogP contribution in [-0.4, -0.2) is 17.7 Å². The van der Waals surface area contributed by atoms with E-state index < -0.39 is 5.60 Å². The number of carbonyl (C=O) groups excluding carboxylic acids is 1. The molecule has 4 nitrogen and oxygen atoms in total. The minimum absolute atomic E-state index is 0.0172. The zero-order valence-electron chi connectivity index (χ0n) is 13.4. The third-order valence-corrected chi connectivity index (χ3v) is 3.70. The lowest BCUT2D eigenvalue weighted by Gasteiger charge is -2.40. The lowest BCUT2D eigenvalue weighted by molar-refractivity contribution is 0.0556. The number of carbonyl (C=O) groups is 1. The van der Waals surface area contributed by atoms with E-state index in [9.17, 15) is 4.79 Å². The van der Waals surface area contributed by atoms with Crippen LogP contribution in [0.4, 0.5) is 10.5 Å². The van der Waals surface area contributed by atoms with Crippen LogP contribution in [0.5, 0.6) is 0 Å². The van der Waals surface area contributed by atoms with E-state index in [0.717, 1.165) is 30.5 Å². The molecular weight excluding hydrogens is 264 g/mol. The molecule has 0 fully saturated rings. The minimum atomic E-state index is -0.498. The van der Waals surface area contributed by atoms with Crippen molar-refractivity contribution < 1.29 is 9.53 Å². The van der Waals surface area contributed by atoms with Crippen molar-refractivity contribution in [1.29, 1.82) is 0 Å². The number of amides is 1. The van der Waals surface area contributed by atoms with Crippen LogP contribution in [0.3, 0.4) is 0 Å². The largest absolute Gasteiger partial charge is 0.443 e. The second-order valence-corrected chi connectivity index (χ2v) is 6.69. The summed E-state index contributed by atoms with van der Waals surface area (Å²) in [5.41, 5.74) is 7.70. The molecular formula is C17H26N2O2. The Balaban J connectivity index is 2.37. The van der Waals surface area contributed by atoms with E-state index in [1.165, 1.54) is 0 Å². The number of rotatable bonds is 2. The summed E-state index contributed by atoms with van der Waals surface area (Å²) in [4.78, 5) is 14.4. The Morgan fingerprint density at radius 3 is 2.67 bits per heavy atom. The zero-order valence-corrected chi connectivity index (χ0v) is 13.4. The van der Waals surface area contributed by atoms with Crippen molar-refractivity contribution in [1.82, 2.24) is 0 Å². The molecule has 0 aliphatic carbocycles. The highest BCUT2D eigenvalue weighted by Gasteiger charge is 2.36. The molecule has 1 aliphatic heterocycles. The molecule has 1 amide bonds. The minimum Gasteiger partial charge on any atom is -0.443 e. The summed E-state index contributed by atoms with van der Waals surface area (Å²) >= 11 is 0. The predicted octanol–water partition coefficient (Wildman–Crippen LogP) is 4.00. The summed E-state index contributed by atoms with van der Waals surface area (Å²) in [5.74, 6) is 0. The Bertz CT molecular complexity index is 508. The van der Waals surface area contributed by atoms with Crippen LogP contribution in [0.2, 0.25) is 0 Å². The molecule has 1 heterocycles. The molecule has 0 aromatic heterocycles. The smallest absolute Gasteiger partial charge is 0.415 e. The van der Waals surface area contributed by atoms with E-state index in [1.54, 1.807) is 4.90 Å². The maximum atomic E-state index is 12.6. The first kappa shape index (κ1) is 15.8. The van der Waals surface area contributed by atoms with Gasteiger partial charge < -0.3 is 10.5 Å². The summed E-state index contributed by atoms with van der Waals surface area (Å²) in [6.07, 6.45) is 2.45. The van der Waals surface area contributed by atoms with Gasteiger partial charge in [0.15, 0.2) is 0 Å². The molecule has 2 atom stereocenters. The van der Waals surface area contributed by atoms with Crippen LogP contribution in [-0.2, 0) is 4.74 Å². The summed E-state index contributed by atoms with van der Waals surface area (Å²) in [7, 11) is 0. The van der Waals surface area contributed by atoms with Gasteiger partial charge in [-0.3, -0.25) is 4.90 Å². The summed E-state index contributed by atoms with van der Waals surface area (Å²) in [6.45, 7) is 7.79. The Labute approximate surface area is 127 Å². The summed E-state index contributed by atoms with van der Waals surface area (Å²) < 4.78 is 5.59. The highest BCUT2D eigenvalue weighted by molar-refractivity contribution is 5.90. The number of ether oxygens (including phenoxy) is 1. The van der Waals surface area contributed by atoms with Crippen LogP contribution in [0, 0.1) is 0 Å². The first-order valence-electron chi connectivity index (χ1n) is 7.70. The Morgan fingerprint density at radius 2 is 2.05 bits per heavy atom. The van der Waals surface area contributed by atoms with Gasteiger partial charge in [-0.2, -0.15) is 0 Å². The highest BCUT2D eigenvalue weighted by Crippen LogP contribution is 2.38. The van der Waals surface area contributed by atoms with Gasteiger partial charge in [0, 0.05) is 12.1 Å². The number of hydrogen-bond acceptors (Lipinski definition) is 3. The van der Waals surface area contributed by atoms with E-state index in [-0.39, 0.29) is 18.2 Å². The lowest BCUT2D eigenvalue weighted by atomic mass is 9.90. The van der Waals surface area contributed by atoms with Crippen molar-refractivity contribution >= 4 is 11.8 Å². The summed E-state index contributed by atoms with van der Waals surface area (Å²) in [6, 6.07) is 7.95. The predicted molar refractivity (Wildman–Crippen MR) is 85.4 cm³/mol. The maximum absolute atomic E-state index is 12.6. The van der Waals surface area contributed by atoms with Crippen LogP contribution in [0.25, 0.3) is 0 Å². The number of anilines is 1. The number of nitrogens with zero attached hydrogens (tertiary/aromatic N) is 1. The van der Waals surface area contributed by atoms with Crippen LogP contribution < -0.4 is 10.6 Å². The van der Waals surface area contributed by atoms with E-state index in [2.05, 4.69) is 6.92 Å². The third kappa shape index (κ3) is 3.56. The first-order chi connectivity index (χ1) is 9.83. The number of hydrogen-bond donors (Lipinski definition) is 1. The fourth-order valence-electron chi connectivity index (χ4n) is 2.88. The second-order valence-electron chi connectivity index (χ2n) is 6.69. The molecule has 0 radical (unpaired) electrons. The van der Waals surface area contributed by atoms with E-state index in [0.29, 0.717) is 0 Å². The number of para-hydroxylation sites is 1. The van der Waals surface area contributed by atoms with Crippen molar-refractivity contribution in [2.75, 3.05) is 4.90 Å². The van der Waals surface area contributed by atoms with Gasteiger partial charge in [0.2, 0.25) is 0 Å². The number of nitrogens with two attached hydrogens (primary N) is 1. The van der Waals surface area contributed by atoms with Crippen molar-refractivity contribution in [2.24, 2.45) is 5.73 Å². The monoisotopic (exact) mass is 290 g/mol.